The van der Waals surface area contributed by atoms with Gasteiger partial charge in [0, 0.05) is 29.1 Å². The lowest BCUT2D eigenvalue weighted by Gasteiger charge is -2.15. The summed E-state index contributed by atoms with van der Waals surface area (Å²) in [5, 5.41) is 7.39. The average Bonchev–Trinajstić information content (AvgIpc) is 3.40. The molecular formula is C24H27N3O4S2. The number of methoxy groups -OCH3 is 1. The summed E-state index contributed by atoms with van der Waals surface area (Å²) in [5.41, 5.74) is 3.78. The van der Waals surface area contributed by atoms with Crippen LogP contribution in [-0.4, -0.2) is 54.0 Å². The first-order valence-corrected chi connectivity index (χ1v) is 13.6. The Bertz CT molecular complexity index is 1210. The molecule has 33 heavy (non-hydrogen) atoms. The molecule has 1 fully saturated rings. The van der Waals surface area contributed by atoms with Gasteiger partial charge < -0.3 is 10.1 Å². The maximum Gasteiger partial charge on any atom is 0.233 e. The second-order valence-electron chi connectivity index (χ2n) is 8.07. The molecule has 0 bridgehead atoms. The summed E-state index contributed by atoms with van der Waals surface area (Å²) in [6, 6.07) is 17.3. The number of aromatic nitrogens is 2. The largest absolute Gasteiger partial charge is 0.497 e. The molecule has 2 aromatic carbocycles. The van der Waals surface area contributed by atoms with Crippen LogP contribution < -0.4 is 10.1 Å². The highest BCUT2D eigenvalue weighted by molar-refractivity contribution is 7.99. The smallest absolute Gasteiger partial charge is 0.233 e. The van der Waals surface area contributed by atoms with E-state index in [1.54, 1.807) is 7.11 Å². The number of sulfone groups is 1. The number of hydrogen-bond acceptors (Lipinski definition) is 6. The minimum absolute atomic E-state index is 0.0294. The van der Waals surface area contributed by atoms with Crippen molar-refractivity contribution in [1.82, 2.24) is 15.1 Å². The van der Waals surface area contributed by atoms with Gasteiger partial charge in [0.15, 0.2) is 9.84 Å². The first-order chi connectivity index (χ1) is 15.8. The molecule has 2 atom stereocenters. The van der Waals surface area contributed by atoms with Gasteiger partial charge in [-0.05, 0) is 49.7 Å². The molecule has 4 rings (SSSR count). The molecule has 2 heterocycles. The molecule has 9 heteroatoms. The Kier molecular flexibility index (Phi) is 7.09. The van der Waals surface area contributed by atoms with Gasteiger partial charge in [-0.2, -0.15) is 5.10 Å². The summed E-state index contributed by atoms with van der Waals surface area (Å²) in [5.74, 6) is 1.40. The predicted octanol–water partition coefficient (Wildman–Crippen LogP) is 3.47. The van der Waals surface area contributed by atoms with E-state index >= 15 is 0 Å². The van der Waals surface area contributed by atoms with Crippen LogP contribution in [0.15, 0.2) is 60.8 Å². The number of nitrogens with one attached hydrogen (secondary N) is 1. The van der Waals surface area contributed by atoms with Gasteiger partial charge in [0.05, 0.1) is 35.2 Å². The van der Waals surface area contributed by atoms with Crippen molar-refractivity contribution in [1.29, 1.82) is 0 Å². The minimum atomic E-state index is -3.03. The molecule has 1 aromatic heterocycles. The normalized spacial score (nSPS) is 18.1. The monoisotopic (exact) mass is 485 g/mol. The molecule has 7 nitrogen and oxygen atoms in total. The number of carbonyl (C=O) groups is 1. The van der Waals surface area contributed by atoms with E-state index in [4.69, 9.17) is 9.84 Å². The van der Waals surface area contributed by atoms with E-state index in [2.05, 4.69) is 5.32 Å². The molecular weight excluding hydrogens is 458 g/mol. The highest BCUT2D eigenvalue weighted by Crippen LogP contribution is 2.30. The predicted molar refractivity (Wildman–Crippen MR) is 132 cm³/mol. The van der Waals surface area contributed by atoms with E-state index < -0.39 is 9.84 Å². The lowest BCUT2D eigenvalue weighted by molar-refractivity contribution is -0.120. The first kappa shape index (κ1) is 23.4. The summed E-state index contributed by atoms with van der Waals surface area (Å²) in [6.07, 6.45) is 2.48. The summed E-state index contributed by atoms with van der Waals surface area (Å²) < 4.78 is 30.4. The lowest BCUT2D eigenvalue weighted by atomic mass is 10.1. The van der Waals surface area contributed by atoms with Gasteiger partial charge >= 0.3 is 0 Å². The SMILES string of the molecule is COc1ccc(-c2nn(-c3ccccc3)cc2CSC(C)C(=O)NC2CCS(=O)(=O)C2)cc1. The summed E-state index contributed by atoms with van der Waals surface area (Å²) in [4.78, 5) is 12.6. The van der Waals surface area contributed by atoms with E-state index in [0.29, 0.717) is 12.2 Å². The molecule has 1 saturated heterocycles. The number of hydrogen-bond donors (Lipinski definition) is 1. The van der Waals surface area contributed by atoms with Crippen LogP contribution in [0.2, 0.25) is 0 Å². The third-order valence-corrected chi connectivity index (χ3v) is 8.57. The van der Waals surface area contributed by atoms with Crippen LogP contribution in [0.3, 0.4) is 0 Å². The molecule has 0 saturated carbocycles. The zero-order valence-electron chi connectivity index (χ0n) is 18.6. The number of nitrogens with zero attached hydrogens (tertiary/aromatic N) is 2. The standard InChI is InChI=1S/C24H27N3O4S2/c1-17(24(28)25-20-12-13-33(29,30)16-20)32-15-19-14-27(21-6-4-3-5-7-21)26-23(19)18-8-10-22(31-2)11-9-18/h3-11,14,17,20H,12-13,15-16H2,1-2H3,(H,25,28). The van der Waals surface area contributed by atoms with Gasteiger partial charge in [0.25, 0.3) is 0 Å². The van der Waals surface area contributed by atoms with Gasteiger partial charge in [-0.15, -0.1) is 11.8 Å². The van der Waals surface area contributed by atoms with Crippen LogP contribution in [-0.2, 0) is 20.4 Å². The third kappa shape index (κ3) is 5.78. The van der Waals surface area contributed by atoms with Crippen molar-refractivity contribution in [2.24, 2.45) is 0 Å². The van der Waals surface area contributed by atoms with Crippen LogP contribution in [0, 0.1) is 0 Å². The van der Waals surface area contributed by atoms with Gasteiger partial charge in [0.2, 0.25) is 5.91 Å². The average molecular weight is 486 g/mol. The van der Waals surface area contributed by atoms with Crippen molar-refractivity contribution in [2.75, 3.05) is 18.6 Å². The molecule has 1 aliphatic heterocycles. The van der Waals surface area contributed by atoms with E-state index in [1.807, 2.05) is 72.4 Å². The summed E-state index contributed by atoms with van der Waals surface area (Å²) in [6.45, 7) is 1.85. The van der Waals surface area contributed by atoms with Crippen molar-refractivity contribution in [3.63, 3.8) is 0 Å². The highest BCUT2D eigenvalue weighted by atomic mass is 32.2. The van der Waals surface area contributed by atoms with Crippen LogP contribution in [0.25, 0.3) is 16.9 Å². The van der Waals surface area contributed by atoms with Gasteiger partial charge in [-0.25, -0.2) is 13.1 Å². The quantitative estimate of drug-likeness (QED) is 0.525. The molecule has 174 valence electrons. The van der Waals surface area contributed by atoms with Crippen molar-refractivity contribution in [2.45, 2.75) is 30.4 Å². The zero-order chi connectivity index (χ0) is 23.4. The van der Waals surface area contributed by atoms with E-state index in [1.165, 1.54) is 11.8 Å². The third-order valence-electron chi connectivity index (χ3n) is 5.61. The maximum absolute atomic E-state index is 12.6. The van der Waals surface area contributed by atoms with Crippen molar-refractivity contribution >= 4 is 27.5 Å². The van der Waals surface area contributed by atoms with E-state index in [9.17, 15) is 13.2 Å². The molecule has 2 unspecified atom stereocenters. The Balaban J connectivity index is 1.50. The number of amides is 1. The molecule has 0 radical (unpaired) electrons. The van der Waals surface area contributed by atoms with Gasteiger partial charge in [0.1, 0.15) is 5.75 Å². The molecule has 3 aromatic rings. The van der Waals surface area contributed by atoms with Crippen LogP contribution in [0.1, 0.15) is 18.9 Å². The van der Waals surface area contributed by atoms with Crippen molar-refractivity contribution in [3.8, 4) is 22.7 Å². The van der Waals surface area contributed by atoms with Crippen LogP contribution in [0.5, 0.6) is 5.75 Å². The topological polar surface area (TPSA) is 90.3 Å². The van der Waals surface area contributed by atoms with Crippen LogP contribution in [0.4, 0.5) is 0 Å². The number of ether oxygens (including phenoxy) is 1. The Labute approximate surface area is 198 Å². The number of para-hydroxylation sites is 1. The minimum Gasteiger partial charge on any atom is -0.497 e. The van der Waals surface area contributed by atoms with Gasteiger partial charge in [-0.3, -0.25) is 4.79 Å². The number of benzene rings is 2. The molecule has 0 aliphatic carbocycles. The molecule has 1 amide bonds. The maximum atomic E-state index is 12.6. The fourth-order valence-corrected chi connectivity index (χ4v) is 6.27. The summed E-state index contributed by atoms with van der Waals surface area (Å²) >= 11 is 1.51. The zero-order valence-corrected chi connectivity index (χ0v) is 20.2. The molecule has 1 N–H and O–H groups in total. The Morgan fingerprint density at radius 2 is 1.94 bits per heavy atom. The Morgan fingerprint density at radius 3 is 2.58 bits per heavy atom. The van der Waals surface area contributed by atoms with Crippen molar-refractivity contribution in [3.05, 3.63) is 66.4 Å². The first-order valence-electron chi connectivity index (χ1n) is 10.8. The van der Waals surface area contributed by atoms with E-state index in [-0.39, 0.29) is 28.7 Å². The molecule has 0 spiro atoms. The highest BCUT2D eigenvalue weighted by Gasteiger charge is 2.30. The second kappa shape index (κ2) is 10.0. The fourth-order valence-electron chi connectivity index (χ4n) is 3.74. The van der Waals surface area contributed by atoms with E-state index in [0.717, 1.165) is 28.3 Å². The fraction of sp³-hybridized carbons (Fsp3) is 0.333. The Morgan fingerprint density at radius 1 is 1.21 bits per heavy atom. The number of carbonyl (C=O) groups excluding carboxylic acids is 1. The van der Waals surface area contributed by atoms with Crippen LogP contribution >= 0.6 is 11.8 Å². The number of rotatable bonds is 8. The Hall–Kier alpha value is -2.78. The van der Waals surface area contributed by atoms with Crippen molar-refractivity contribution < 1.29 is 17.9 Å². The lowest BCUT2D eigenvalue weighted by Crippen LogP contribution is -2.40. The van der Waals surface area contributed by atoms with Gasteiger partial charge in [-0.1, -0.05) is 18.2 Å². The number of thioether (sulfide) groups is 1. The summed E-state index contributed by atoms with van der Waals surface area (Å²) in [7, 11) is -1.39. The second-order valence-corrected chi connectivity index (χ2v) is 11.6. The molecule has 1 aliphatic rings.